The van der Waals surface area contributed by atoms with Crippen molar-refractivity contribution in [2.45, 2.75) is 13.1 Å². The lowest BCUT2D eigenvalue weighted by Crippen LogP contribution is -2.49. The molecule has 2 aromatic carbocycles. The maximum absolute atomic E-state index is 14.2. The second-order valence-corrected chi connectivity index (χ2v) is 7.09. The minimum absolute atomic E-state index is 0.299. The predicted octanol–water partition coefficient (Wildman–Crippen LogP) is 4.06. The van der Waals surface area contributed by atoms with E-state index < -0.39 is 23.5 Å². The number of piperazine rings is 1. The van der Waals surface area contributed by atoms with Crippen LogP contribution in [0.3, 0.4) is 0 Å². The topological polar surface area (TPSA) is 49.3 Å². The first-order valence-corrected chi connectivity index (χ1v) is 9.38. The number of alkyl halides is 3. The molecule has 0 spiro atoms. The number of hydrogen-bond acceptors (Lipinski definition) is 4. The van der Waals surface area contributed by atoms with Crippen LogP contribution < -0.4 is 4.90 Å². The molecule has 9 heteroatoms. The first-order valence-electron chi connectivity index (χ1n) is 9.38. The Morgan fingerprint density at radius 3 is 2.20 bits per heavy atom. The van der Waals surface area contributed by atoms with Crippen molar-refractivity contribution in [3.63, 3.8) is 0 Å². The van der Waals surface area contributed by atoms with E-state index in [-0.39, 0.29) is 5.56 Å². The molecule has 1 aliphatic rings. The molecular formula is C21H18F4N4O. The van der Waals surface area contributed by atoms with Crippen LogP contribution >= 0.6 is 0 Å². The Morgan fingerprint density at radius 1 is 0.967 bits per heavy atom. The SMILES string of the molecule is Cc1nc2ccccc2nc1N1CCN(C(=O)c2ccc(C(F)(F)F)cc2F)CC1. The minimum Gasteiger partial charge on any atom is -0.352 e. The fourth-order valence-electron chi connectivity index (χ4n) is 3.54. The predicted molar refractivity (Wildman–Crippen MR) is 104 cm³/mol. The van der Waals surface area contributed by atoms with E-state index in [0.29, 0.717) is 32.2 Å². The molecule has 0 N–H and O–H groups in total. The highest BCUT2D eigenvalue weighted by Gasteiger charge is 2.32. The van der Waals surface area contributed by atoms with Crippen molar-refractivity contribution in [3.05, 3.63) is 65.1 Å². The van der Waals surface area contributed by atoms with Crippen molar-refractivity contribution < 1.29 is 22.4 Å². The van der Waals surface area contributed by atoms with Crippen LogP contribution in [0.25, 0.3) is 11.0 Å². The van der Waals surface area contributed by atoms with Gasteiger partial charge >= 0.3 is 6.18 Å². The van der Waals surface area contributed by atoms with Crippen molar-refractivity contribution in [3.8, 4) is 0 Å². The van der Waals surface area contributed by atoms with Gasteiger partial charge in [0.2, 0.25) is 0 Å². The van der Waals surface area contributed by atoms with Crippen molar-refractivity contribution in [1.29, 1.82) is 0 Å². The molecule has 2 heterocycles. The van der Waals surface area contributed by atoms with Crippen molar-refractivity contribution >= 4 is 22.8 Å². The molecule has 0 atom stereocenters. The molecule has 1 amide bonds. The van der Waals surface area contributed by atoms with Gasteiger partial charge < -0.3 is 9.80 Å². The molecule has 3 aromatic rings. The number of carbonyl (C=O) groups is 1. The second-order valence-electron chi connectivity index (χ2n) is 7.09. The third-order valence-corrected chi connectivity index (χ3v) is 5.11. The minimum atomic E-state index is -4.66. The summed E-state index contributed by atoms with van der Waals surface area (Å²) in [6.45, 7) is 3.38. The van der Waals surface area contributed by atoms with E-state index in [1.807, 2.05) is 36.1 Å². The number of aryl methyl sites for hydroxylation is 1. The van der Waals surface area contributed by atoms with Gasteiger partial charge in [-0.1, -0.05) is 12.1 Å². The highest BCUT2D eigenvalue weighted by Crippen LogP contribution is 2.30. The molecule has 0 radical (unpaired) electrons. The zero-order valence-electron chi connectivity index (χ0n) is 16.1. The van der Waals surface area contributed by atoms with Crippen LogP contribution in [0.4, 0.5) is 23.4 Å². The number of amides is 1. The lowest BCUT2D eigenvalue weighted by Gasteiger charge is -2.36. The quantitative estimate of drug-likeness (QED) is 0.589. The standard InChI is InChI=1S/C21H18F4N4O/c1-13-19(27-18-5-3-2-4-17(18)26-13)28-8-10-29(11-9-28)20(30)15-7-6-14(12-16(15)22)21(23,24)25/h2-7,12H,8-11H2,1H3. The van der Waals surface area contributed by atoms with Gasteiger partial charge in [-0.05, 0) is 37.3 Å². The van der Waals surface area contributed by atoms with Gasteiger partial charge in [-0.25, -0.2) is 14.4 Å². The first-order chi connectivity index (χ1) is 14.2. The van der Waals surface area contributed by atoms with Gasteiger partial charge in [0.05, 0.1) is 27.9 Å². The number of benzene rings is 2. The largest absolute Gasteiger partial charge is 0.416 e. The number of para-hydroxylation sites is 2. The first kappa shape index (κ1) is 20.1. The Hall–Kier alpha value is -3.23. The third kappa shape index (κ3) is 3.79. The van der Waals surface area contributed by atoms with E-state index in [0.717, 1.165) is 34.7 Å². The number of fused-ring (bicyclic) bond motifs is 1. The van der Waals surface area contributed by atoms with Gasteiger partial charge in [0.15, 0.2) is 5.82 Å². The Labute approximate surface area is 170 Å². The smallest absolute Gasteiger partial charge is 0.352 e. The van der Waals surface area contributed by atoms with Crippen LogP contribution in [0, 0.1) is 12.7 Å². The molecule has 156 valence electrons. The van der Waals surface area contributed by atoms with Gasteiger partial charge in [-0.2, -0.15) is 13.2 Å². The number of nitrogens with zero attached hydrogens (tertiary/aromatic N) is 4. The maximum atomic E-state index is 14.2. The molecule has 1 aliphatic heterocycles. The number of hydrogen-bond donors (Lipinski definition) is 0. The fraction of sp³-hybridized carbons (Fsp3) is 0.286. The van der Waals surface area contributed by atoms with Gasteiger partial charge in [0, 0.05) is 26.2 Å². The monoisotopic (exact) mass is 418 g/mol. The van der Waals surface area contributed by atoms with E-state index in [4.69, 9.17) is 0 Å². The molecule has 30 heavy (non-hydrogen) atoms. The van der Waals surface area contributed by atoms with E-state index in [9.17, 15) is 22.4 Å². The Morgan fingerprint density at radius 2 is 1.60 bits per heavy atom. The third-order valence-electron chi connectivity index (χ3n) is 5.11. The van der Waals surface area contributed by atoms with E-state index in [2.05, 4.69) is 9.97 Å². The van der Waals surface area contributed by atoms with Crippen molar-refractivity contribution in [2.24, 2.45) is 0 Å². The average Bonchev–Trinajstić information content (AvgIpc) is 2.72. The summed E-state index contributed by atoms with van der Waals surface area (Å²) in [7, 11) is 0. The normalized spacial score (nSPS) is 15.0. The molecular weight excluding hydrogens is 400 g/mol. The average molecular weight is 418 g/mol. The molecule has 1 fully saturated rings. The van der Waals surface area contributed by atoms with Crippen LogP contribution in [0.2, 0.25) is 0 Å². The van der Waals surface area contributed by atoms with Crippen molar-refractivity contribution in [2.75, 3.05) is 31.1 Å². The molecule has 0 unspecified atom stereocenters. The molecule has 0 saturated carbocycles. The lowest BCUT2D eigenvalue weighted by atomic mass is 10.1. The summed E-state index contributed by atoms with van der Waals surface area (Å²) < 4.78 is 52.3. The van der Waals surface area contributed by atoms with E-state index in [1.54, 1.807) is 0 Å². The highest BCUT2D eigenvalue weighted by molar-refractivity contribution is 5.94. The molecule has 0 bridgehead atoms. The second kappa shape index (κ2) is 7.55. The lowest BCUT2D eigenvalue weighted by molar-refractivity contribution is -0.137. The van der Waals surface area contributed by atoms with E-state index in [1.165, 1.54) is 4.90 Å². The summed E-state index contributed by atoms with van der Waals surface area (Å²) in [6.07, 6.45) is -4.66. The summed E-state index contributed by atoms with van der Waals surface area (Å²) >= 11 is 0. The highest BCUT2D eigenvalue weighted by atomic mass is 19.4. The fourth-order valence-corrected chi connectivity index (χ4v) is 3.54. The van der Waals surface area contributed by atoms with Crippen LogP contribution in [0.15, 0.2) is 42.5 Å². The Balaban J connectivity index is 1.48. The molecule has 4 rings (SSSR count). The zero-order chi connectivity index (χ0) is 21.5. The Kier molecular flexibility index (Phi) is 5.05. The Bertz CT molecular complexity index is 1110. The maximum Gasteiger partial charge on any atom is 0.416 e. The number of rotatable bonds is 2. The van der Waals surface area contributed by atoms with Gasteiger partial charge in [-0.15, -0.1) is 0 Å². The van der Waals surface area contributed by atoms with Gasteiger partial charge in [0.1, 0.15) is 5.82 Å². The van der Waals surface area contributed by atoms with Gasteiger partial charge in [-0.3, -0.25) is 4.79 Å². The number of carbonyl (C=O) groups excluding carboxylic acids is 1. The number of halogens is 4. The zero-order valence-corrected chi connectivity index (χ0v) is 16.1. The summed E-state index contributed by atoms with van der Waals surface area (Å²) in [6, 6.07) is 9.50. The van der Waals surface area contributed by atoms with Crippen LogP contribution in [0.1, 0.15) is 21.6 Å². The summed E-state index contributed by atoms with van der Waals surface area (Å²) in [5, 5.41) is 0. The summed E-state index contributed by atoms with van der Waals surface area (Å²) in [5.74, 6) is -1.07. The molecule has 0 aliphatic carbocycles. The number of anilines is 1. The van der Waals surface area contributed by atoms with Crippen molar-refractivity contribution in [1.82, 2.24) is 14.9 Å². The van der Waals surface area contributed by atoms with Crippen LogP contribution in [-0.2, 0) is 6.18 Å². The van der Waals surface area contributed by atoms with Crippen LogP contribution in [-0.4, -0.2) is 47.0 Å². The number of aromatic nitrogens is 2. The summed E-state index contributed by atoms with van der Waals surface area (Å²) in [5.41, 5.74) is 0.848. The van der Waals surface area contributed by atoms with Crippen LogP contribution in [0.5, 0.6) is 0 Å². The molecule has 1 aromatic heterocycles. The molecule has 5 nitrogen and oxygen atoms in total. The summed E-state index contributed by atoms with van der Waals surface area (Å²) in [4.78, 5) is 25.3. The molecule has 1 saturated heterocycles. The van der Waals surface area contributed by atoms with E-state index >= 15 is 0 Å². The van der Waals surface area contributed by atoms with Gasteiger partial charge in [0.25, 0.3) is 5.91 Å².